The van der Waals surface area contributed by atoms with Crippen molar-refractivity contribution < 1.29 is 9.84 Å². The Morgan fingerprint density at radius 3 is 2.91 bits per heavy atom. The van der Waals surface area contributed by atoms with E-state index in [-0.39, 0.29) is 11.5 Å². The van der Waals surface area contributed by atoms with Gasteiger partial charge in [0.25, 0.3) is 0 Å². The Kier molecular flexibility index (Phi) is 4.04. The van der Waals surface area contributed by atoms with Crippen molar-refractivity contribution in [2.24, 2.45) is 17.3 Å². The molecule has 3 aliphatic carbocycles. The van der Waals surface area contributed by atoms with E-state index < -0.39 is 0 Å². The van der Waals surface area contributed by atoms with Gasteiger partial charge in [-0.3, -0.25) is 0 Å². The molecule has 121 valence electrons. The molecule has 1 aromatic rings. The molecule has 2 saturated carbocycles. The number of rotatable bonds is 2. The van der Waals surface area contributed by atoms with Crippen LogP contribution in [-0.2, 0) is 6.42 Å². The van der Waals surface area contributed by atoms with Gasteiger partial charge in [-0.2, -0.15) is 0 Å². The molecule has 3 aliphatic rings. The average Bonchev–Trinajstić information content (AvgIpc) is 2.82. The maximum atomic E-state index is 10.5. The Hall–Kier alpha value is -0.481. The van der Waals surface area contributed by atoms with Crippen LogP contribution in [0.3, 0.4) is 0 Å². The molecular formula is C20H25O2Sn. The second kappa shape index (κ2) is 5.80. The van der Waals surface area contributed by atoms with Gasteiger partial charge in [0.1, 0.15) is 0 Å². The van der Waals surface area contributed by atoms with E-state index in [4.69, 9.17) is 4.74 Å². The third-order valence-corrected chi connectivity index (χ3v) is 7.18. The summed E-state index contributed by atoms with van der Waals surface area (Å²) in [4.78, 5) is 0. The molecule has 0 aliphatic heterocycles. The van der Waals surface area contributed by atoms with Gasteiger partial charge in [-0.25, -0.2) is 0 Å². The Balaban J connectivity index is 1.63. The molecule has 0 unspecified atom stereocenters. The van der Waals surface area contributed by atoms with E-state index >= 15 is 0 Å². The molecule has 0 aromatic heterocycles. The summed E-state index contributed by atoms with van der Waals surface area (Å²) in [6.07, 6.45) is 6.97. The predicted octanol–water partition coefficient (Wildman–Crippen LogP) is 3.92. The molecule has 4 rings (SSSR count). The molecule has 3 radical (unpaired) electrons. The summed E-state index contributed by atoms with van der Waals surface area (Å²) < 4.78 is 6.56. The van der Waals surface area contributed by atoms with Crippen LogP contribution in [0.25, 0.3) is 0 Å². The standard InChI is InChI=1S/C20H25O2.Sn/c1-3-22-14-5-7-15-13(12-14)4-6-17-16(15)10-11-20(2)18(17)8-9-19(20)21;/h5,7,12,16-19,21H,1,4,6,8-11H2,2H3;/t16-,17-,18+,19+,20+;/m1./s1. The number of ether oxygens (including phenoxy) is 1. The first-order valence-electron chi connectivity index (χ1n) is 8.88. The Morgan fingerprint density at radius 1 is 1.30 bits per heavy atom. The Bertz CT molecular complexity index is 641. The zero-order valence-corrected chi connectivity index (χ0v) is 16.7. The second-order valence-corrected chi connectivity index (χ2v) is 9.53. The van der Waals surface area contributed by atoms with E-state index in [2.05, 4.69) is 31.7 Å². The average molecular weight is 416 g/mol. The van der Waals surface area contributed by atoms with Crippen LogP contribution in [0, 0.1) is 17.3 Å². The van der Waals surface area contributed by atoms with E-state index in [1.165, 1.54) is 53.8 Å². The third kappa shape index (κ3) is 2.57. The van der Waals surface area contributed by atoms with Crippen molar-refractivity contribution in [1.29, 1.82) is 0 Å². The van der Waals surface area contributed by atoms with Crippen LogP contribution < -0.4 is 4.74 Å². The van der Waals surface area contributed by atoms with Crippen LogP contribution in [0.15, 0.2) is 28.6 Å². The number of aryl methyl sites for hydroxylation is 1. The molecule has 2 nitrogen and oxygen atoms in total. The number of benzene rings is 1. The van der Waals surface area contributed by atoms with Crippen molar-refractivity contribution in [2.45, 2.75) is 57.5 Å². The van der Waals surface area contributed by atoms with Crippen molar-refractivity contribution >= 4 is 22.5 Å². The molecule has 0 bridgehead atoms. The normalized spacial score (nSPS) is 38.4. The summed E-state index contributed by atoms with van der Waals surface area (Å²) in [6.45, 7) is 6.21. The SMILES string of the molecule is C=[C]([Sn])Oc1ccc2c(c1)CC[C@@H]1[C@@H]2CC[C@]2(C)[C@@H](O)CC[C@@H]12. The topological polar surface area (TPSA) is 29.5 Å². The zero-order valence-electron chi connectivity index (χ0n) is 13.8. The van der Waals surface area contributed by atoms with Crippen LogP contribution in [0.4, 0.5) is 0 Å². The molecule has 0 spiro atoms. The third-order valence-electron chi connectivity index (χ3n) is 6.89. The fourth-order valence-electron chi connectivity index (χ4n) is 5.74. The Morgan fingerprint density at radius 2 is 2.13 bits per heavy atom. The molecule has 0 amide bonds. The van der Waals surface area contributed by atoms with Crippen LogP contribution in [0.2, 0.25) is 0 Å². The summed E-state index contributed by atoms with van der Waals surface area (Å²) in [7, 11) is 0. The molecule has 1 N–H and O–H groups in total. The first kappa shape index (κ1) is 16.0. The van der Waals surface area contributed by atoms with E-state index in [0.717, 1.165) is 28.3 Å². The van der Waals surface area contributed by atoms with Gasteiger partial charge in [-0.15, -0.1) is 0 Å². The van der Waals surface area contributed by atoms with Crippen molar-refractivity contribution in [3.63, 3.8) is 0 Å². The molecule has 23 heavy (non-hydrogen) atoms. The molecule has 1 aromatic carbocycles. The van der Waals surface area contributed by atoms with Gasteiger partial charge < -0.3 is 0 Å². The molecule has 2 fully saturated rings. The molecular weight excluding hydrogens is 391 g/mol. The maximum absolute atomic E-state index is 10.5. The van der Waals surface area contributed by atoms with Crippen LogP contribution in [-0.4, -0.2) is 33.7 Å². The van der Waals surface area contributed by atoms with Crippen molar-refractivity contribution in [3.8, 4) is 5.75 Å². The minimum absolute atomic E-state index is 0.0797. The number of hydrogen-bond donors (Lipinski definition) is 1. The quantitative estimate of drug-likeness (QED) is 0.585. The van der Waals surface area contributed by atoms with E-state index in [0.29, 0.717) is 11.8 Å². The summed E-state index contributed by atoms with van der Waals surface area (Å²) in [5.41, 5.74) is 3.19. The fourth-order valence-corrected chi connectivity index (χ4v) is 6.07. The second-order valence-electron chi connectivity index (χ2n) is 7.94. The van der Waals surface area contributed by atoms with E-state index in [1.54, 1.807) is 5.56 Å². The van der Waals surface area contributed by atoms with E-state index in [1.807, 2.05) is 0 Å². The number of aliphatic hydroxyl groups is 1. The van der Waals surface area contributed by atoms with Gasteiger partial charge in [-0.1, -0.05) is 0 Å². The van der Waals surface area contributed by atoms with E-state index in [9.17, 15) is 5.11 Å². The van der Waals surface area contributed by atoms with Gasteiger partial charge >= 0.3 is 153 Å². The number of hydrogen-bond acceptors (Lipinski definition) is 2. The van der Waals surface area contributed by atoms with Crippen LogP contribution >= 0.6 is 0 Å². The number of fused-ring (bicyclic) bond motifs is 5. The predicted molar refractivity (Wildman–Crippen MR) is 92.6 cm³/mol. The van der Waals surface area contributed by atoms with Crippen molar-refractivity contribution in [3.05, 3.63) is 39.7 Å². The van der Waals surface area contributed by atoms with Gasteiger partial charge in [0.2, 0.25) is 0 Å². The minimum atomic E-state index is -0.0797. The molecule has 0 saturated heterocycles. The summed E-state index contributed by atoms with van der Waals surface area (Å²) in [6, 6.07) is 6.65. The van der Waals surface area contributed by atoms with Crippen molar-refractivity contribution in [2.75, 3.05) is 0 Å². The van der Waals surface area contributed by atoms with Crippen LogP contribution in [0.5, 0.6) is 5.75 Å². The zero-order chi connectivity index (χ0) is 16.2. The van der Waals surface area contributed by atoms with Gasteiger partial charge in [0, 0.05) is 0 Å². The fraction of sp³-hybridized carbons (Fsp3) is 0.600. The first-order chi connectivity index (χ1) is 11.0. The Labute approximate surface area is 152 Å². The summed E-state index contributed by atoms with van der Waals surface area (Å²) in [5, 5.41) is 10.5. The summed E-state index contributed by atoms with van der Waals surface area (Å²) >= 11 is 1.23. The number of aliphatic hydroxyl groups excluding tert-OH is 1. The van der Waals surface area contributed by atoms with Gasteiger partial charge in [-0.05, 0) is 0 Å². The molecule has 5 atom stereocenters. The summed E-state index contributed by atoms with van der Waals surface area (Å²) in [5.74, 6) is 3.10. The monoisotopic (exact) mass is 417 g/mol. The van der Waals surface area contributed by atoms with Crippen LogP contribution in [0.1, 0.15) is 56.1 Å². The van der Waals surface area contributed by atoms with Crippen molar-refractivity contribution in [1.82, 2.24) is 0 Å². The molecule has 0 heterocycles. The van der Waals surface area contributed by atoms with Gasteiger partial charge in [0.05, 0.1) is 0 Å². The molecule has 3 heteroatoms. The first-order valence-corrected chi connectivity index (χ1v) is 10.3. The van der Waals surface area contributed by atoms with Gasteiger partial charge in [0.15, 0.2) is 0 Å².